The minimum atomic E-state index is -0.688. The van der Waals surface area contributed by atoms with Gasteiger partial charge in [0.1, 0.15) is 6.04 Å². The summed E-state index contributed by atoms with van der Waals surface area (Å²) in [4.78, 5) is 13.6. The van der Waals surface area contributed by atoms with Crippen LogP contribution in [0.1, 0.15) is 46.0 Å². The molecule has 1 fully saturated rings. The molecule has 0 radical (unpaired) electrons. The van der Waals surface area contributed by atoms with Crippen molar-refractivity contribution in [2.75, 3.05) is 20.3 Å². The molecule has 0 spiro atoms. The van der Waals surface area contributed by atoms with Crippen LogP contribution in [0.25, 0.3) is 0 Å². The number of ether oxygens (including phenoxy) is 1. The van der Waals surface area contributed by atoms with Gasteiger partial charge in [-0.25, -0.2) is 0 Å². The van der Waals surface area contributed by atoms with Crippen LogP contribution in [0.3, 0.4) is 0 Å². The first kappa shape index (κ1) is 15.4. The highest BCUT2D eigenvalue weighted by molar-refractivity contribution is 5.73. The highest BCUT2D eigenvalue weighted by Crippen LogP contribution is 2.36. The number of carboxylic acid groups (broad SMARTS) is 1. The monoisotopic (exact) mass is 257 g/mol. The summed E-state index contributed by atoms with van der Waals surface area (Å²) in [6.07, 6.45) is 5.24. The van der Waals surface area contributed by atoms with Crippen LogP contribution in [0, 0.1) is 5.92 Å². The van der Waals surface area contributed by atoms with Gasteiger partial charge in [0.05, 0.1) is 6.61 Å². The number of hydrogen-bond donors (Lipinski definition) is 1. The maximum absolute atomic E-state index is 11.5. The molecule has 1 N–H and O–H groups in total. The molecule has 18 heavy (non-hydrogen) atoms. The number of unbranched alkanes of at least 4 members (excludes halogenated alkanes) is 1. The zero-order chi connectivity index (χ0) is 13.5. The molecule has 0 aromatic carbocycles. The van der Waals surface area contributed by atoms with E-state index in [0.717, 1.165) is 25.8 Å². The van der Waals surface area contributed by atoms with E-state index in [4.69, 9.17) is 4.74 Å². The highest BCUT2D eigenvalue weighted by Gasteiger charge is 2.37. The Morgan fingerprint density at radius 3 is 2.61 bits per heavy atom. The molecule has 0 aliphatic heterocycles. The Balaban J connectivity index is 2.65. The van der Waals surface area contributed by atoms with Gasteiger partial charge in [-0.3, -0.25) is 9.69 Å². The Hall–Kier alpha value is -0.610. The van der Waals surface area contributed by atoms with Gasteiger partial charge in [-0.1, -0.05) is 19.8 Å². The van der Waals surface area contributed by atoms with E-state index in [0.29, 0.717) is 18.6 Å². The summed E-state index contributed by atoms with van der Waals surface area (Å²) in [6.45, 7) is 5.58. The Bertz CT molecular complexity index is 253. The predicted octanol–water partition coefficient (Wildman–Crippen LogP) is 2.38. The summed E-state index contributed by atoms with van der Waals surface area (Å²) in [6, 6.07) is 0.00815. The first-order valence-electron chi connectivity index (χ1n) is 7.09. The SMILES string of the molecule is CCCCC(C(=O)O)N(CCOC)C(C)C1CC1. The van der Waals surface area contributed by atoms with Crippen LogP contribution in [0.15, 0.2) is 0 Å². The third-order valence-electron chi connectivity index (χ3n) is 3.90. The molecule has 0 saturated heterocycles. The number of nitrogens with zero attached hydrogens (tertiary/aromatic N) is 1. The second-order valence-corrected chi connectivity index (χ2v) is 5.30. The lowest BCUT2D eigenvalue weighted by Crippen LogP contribution is -2.48. The lowest BCUT2D eigenvalue weighted by atomic mass is 10.0. The van der Waals surface area contributed by atoms with E-state index in [1.165, 1.54) is 12.8 Å². The molecule has 2 atom stereocenters. The summed E-state index contributed by atoms with van der Waals surface area (Å²) in [5.41, 5.74) is 0. The molecule has 0 heterocycles. The van der Waals surface area contributed by atoms with Crippen LogP contribution in [0.5, 0.6) is 0 Å². The molecular formula is C14H27NO3. The Morgan fingerprint density at radius 2 is 2.17 bits per heavy atom. The van der Waals surface area contributed by atoms with Gasteiger partial charge >= 0.3 is 5.97 Å². The normalized spacial score (nSPS) is 18.9. The molecular weight excluding hydrogens is 230 g/mol. The van der Waals surface area contributed by atoms with E-state index in [2.05, 4.69) is 18.7 Å². The van der Waals surface area contributed by atoms with Crippen molar-refractivity contribution in [2.24, 2.45) is 5.92 Å². The van der Waals surface area contributed by atoms with Crippen molar-refractivity contribution >= 4 is 5.97 Å². The van der Waals surface area contributed by atoms with Crippen molar-refractivity contribution < 1.29 is 14.6 Å². The minimum absolute atomic E-state index is 0.351. The van der Waals surface area contributed by atoms with Gasteiger partial charge in [-0.05, 0) is 32.1 Å². The van der Waals surface area contributed by atoms with Gasteiger partial charge in [-0.2, -0.15) is 0 Å². The summed E-state index contributed by atoms with van der Waals surface area (Å²) in [5.74, 6) is -0.00242. The second kappa shape index (κ2) is 7.74. The molecule has 2 unspecified atom stereocenters. The van der Waals surface area contributed by atoms with Crippen LogP contribution < -0.4 is 0 Å². The molecule has 0 aromatic rings. The molecule has 0 bridgehead atoms. The third-order valence-corrected chi connectivity index (χ3v) is 3.90. The molecule has 1 aliphatic rings. The predicted molar refractivity (Wildman–Crippen MR) is 71.7 cm³/mol. The zero-order valence-electron chi connectivity index (χ0n) is 11.9. The van der Waals surface area contributed by atoms with Crippen molar-refractivity contribution in [3.05, 3.63) is 0 Å². The average Bonchev–Trinajstić information content (AvgIpc) is 3.16. The molecule has 1 aliphatic carbocycles. The molecule has 106 valence electrons. The van der Waals surface area contributed by atoms with Crippen LogP contribution >= 0.6 is 0 Å². The van der Waals surface area contributed by atoms with E-state index < -0.39 is 5.97 Å². The van der Waals surface area contributed by atoms with Gasteiger partial charge in [0.2, 0.25) is 0 Å². The summed E-state index contributed by atoms with van der Waals surface area (Å²) in [7, 11) is 1.67. The molecule has 1 rings (SSSR count). The lowest BCUT2D eigenvalue weighted by Gasteiger charge is -2.34. The number of methoxy groups -OCH3 is 1. The van der Waals surface area contributed by atoms with Gasteiger partial charge in [0.25, 0.3) is 0 Å². The van der Waals surface area contributed by atoms with Gasteiger partial charge in [-0.15, -0.1) is 0 Å². The Kier molecular flexibility index (Phi) is 6.65. The summed E-state index contributed by atoms with van der Waals surface area (Å²) in [5, 5.41) is 9.44. The van der Waals surface area contributed by atoms with E-state index in [1.807, 2.05) is 0 Å². The maximum atomic E-state index is 11.5. The Morgan fingerprint density at radius 1 is 1.50 bits per heavy atom. The second-order valence-electron chi connectivity index (χ2n) is 5.30. The van der Waals surface area contributed by atoms with Crippen molar-refractivity contribution in [1.29, 1.82) is 0 Å². The molecule has 0 amide bonds. The van der Waals surface area contributed by atoms with Gasteiger partial charge < -0.3 is 9.84 Å². The number of carboxylic acids is 1. The standard InChI is InChI=1S/C14H27NO3/c1-4-5-6-13(14(16)17)15(9-10-18-3)11(2)12-7-8-12/h11-13H,4-10H2,1-3H3,(H,16,17). The highest BCUT2D eigenvalue weighted by atomic mass is 16.5. The molecule has 4 nitrogen and oxygen atoms in total. The first-order chi connectivity index (χ1) is 8.61. The van der Waals surface area contributed by atoms with Crippen LogP contribution in [0.4, 0.5) is 0 Å². The lowest BCUT2D eigenvalue weighted by molar-refractivity contribution is -0.145. The molecule has 4 heteroatoms. The maximum Gasteiger partial charge on any atom is 0.320 e. The average molecular weight is 257 g/mol. The fourth-order valence-corrected chi connectivity index (χ4v) is 2.52. The van der Waals surface area contributed by atoms with E-state index in [9.17, 15) is 9.90 Å². The van der Waals surface area contributed by atoms with E-state index >= 15 is 0 Å². The number of aliphatic carboxylic acids is 1. The zero-order valence-corrected chi connectivity index (χ0v) is 11.9. The fourth-order valence-electron chi connectivity index (χ4n) is 2.52. The van der Waals surface area contributed by atoms with Crippen molar-refractivity contribution in [3.63, 3.8) is 0 Å². The third kappa shape index (κ3) is 4.58. The van der Waals surface area contributed by atoms with E-state index in [1.54, 1.807) is 7.11 Å². The van der Waals surface area contributed by atoms with Gasteiger partial charge in [0, 0.05) is 19.7 Å². The number of rotatable bonds is 10. The van der Waals surface area contributed by atoms with Crippen LogP contribution in [-0.4, -0.2) is 48.3 Å². The Labute approximate surface area is 110 Å². The minimum Gasteiger partial charge on any atom is -0.480 e. The van der Waals surface area contributed by atoms with Crippen LogP contribution in [0.2, 0.25) is 0 Å². The fraction of sp³-hybridized carbons (Fsp3) is 0.929. The molecule has 0 aromatic heterocycles. The number of carbonyl (C=O) groups is 1. The smallest absolute Gasteiger partial charge is 0.320 e. The quantitative estimate of drug-likeness (QED) is 0.653. The number of hydrogen-bond acceptors (Lipinski definition) is 3. The molecule has 1 saturated carbocycles. The van der Waals surface area contributed by atoms with E-state index in [-0.39, 0.29) is 6.04 Å². The first-order valence-corrected chi connectivity index (χ1v) is 7.09. The van der Waals surface area contributed by atoms with Crippen molar-refractivity contribution in [2.45, 2.75) is 58.0 Å². The van der Waals surface area contributed by atoms with Crippen molar-refractivity contribution in [1.82, 2.24) is 4.90 Å². The topological polar surface area (TPSA) is 49.8 Å². The van der Waals surface area contributed by atoms with Crippen molar-refractivity contribution in [3.8, 4) is 0 Å². The largest absolute Gasteiger partial charge is 0.480 e. The summed E-state index contributed by atoms with van der Waals surface area (Å²) >= 11 is 0. The summed E-state index contributed by atoms with van der Waals surface area (Å²) < 4.78 is 5.12. The van der Waals surface area contributed by atoms with Gasteiger partial charge in [0.15, 0.2) is 0 Å². The van der Waals surface area contributed by atoms with Crippen LogP contribution in [-0.2, 0) is 9.53 Å².